The van der Waals surface area contributed by atoms with Gasteiger partial charge in [0.25, 0.3) is 5.91 Å². The van der Waals surface area contributed by atoms with Crippen molar-refractivity contribution in [1.82, 2.24) is 0 Å². The number of ether oxygens (including phenoxy) is 3. The Morgan fingerprint density at radius 3 is 2.46 bits per heavy atom. The number of carbonyl (C=O) groups excluding carboxylic acids is 2. The van der Waals surface area contributed by atoms with E-state index in [1.807, 2.05) is 27.7 Å². The number of amides is 1. The summed E-state index contributed by atoms with van der Waals surface area (Å²) < 4.78 is 16.3. The molecule has 1 N–H and O–H groups in total. The van der Waals surface area contributed by atoms with Gasteiger partial charge in [-0.2, -0.15) is 0 Å². The number of carbonyl (C=O) groups is 2. The molecule has 0 fully saturated rings. The van der Waals surface area contributed by atoms with Crippen molar-refractivity contribution in [3.8, 4) is 5.75 Å². The maximum absolute atomic E-state index is 12.7. The lowest BCUT2D eigenvalue weighted by Crippen LogP contribution is -2.42. The van der Waals surface area contributed by atoms with E-state index < -0.39 is 11.6 Å². The van der Waals surface area contributed by atoms with Gasteiger partial charge in [-0.25, -0.2) is 4.79 Å². The highest BCUT2D eigenvalue weighted by atomic mass is 16.5. The SMILES string of the molecule is CCC[C@@](C)(OCC)C(=O)Nc1ccc(O[C@@H](C)CC)c(C(=O)OC)c1. The first-order chi connectivity index (χ1) is 12.3. The number of hydrogen-bond acceptors (Lipinski definition) is 5. The maximum atomic E-state index is 12.7. The van der Waals surface area contributed by atoms with Gasteiger partial charge in [-0.3, -0.25) is 4.79 Å². The minimum absolute atomic E-state index is 0.0374. The third kappa shape index (κ3) is 5.73. The molecule has 1 aromatic carbocycles. The van der Waals surface area contributed by atoms with Crippen molar-refractivity contribution in [2.75, 3.05) is 19.0 Å². The molecule has 0 heterocycles. The zero-order valence-electron chi connectivity index (χ0n) is 16.7. The molecule has 2 atom stereocenters. The van der Waals surface area contributed by atoms with Gasteiger partial charge in [-0.1, -0.05) is 20.3 Å². The molecule has 0 aliphatic carbocycles. The first kappa shape index (κ1) is 22.0. The van der Waals surface area contributed by atoms with Crippen LogP contribution in [0.2, 0.25) is 0 Å². The van der Waals surface area contributed by atoms with E-state index in [9.17, 15) is 9.59 Å². The molecular weight excluding hydrogens is 334 g/mol. The van der Waals surface area contributed by atoms with E-state index in [1.54, 1.807) is 25.1 Å². The lowest BCUT2D eigenvalue weighted by molar-refractivity contribution is -0.139. The van der Waals surface area contributed by atoms with E-state index in [0.717, 1.165) is 12.8 Å². The van der Waals surface area contributed by atoms with E-state index in [4.69, 9.17) is 14.2 Å². The Kier molecular flexibility index (Phi) is 8.58. The fraction of sp³-hybridized carbons (Fsp3) is 0.600. The largest absolute Gasteiger partial charge is 0.490 e. The molecule has 6 heteroatoms. The Bertz CT molecular complexity index is 608. The molecule has 0 saturated heterocycles. The molecule has 0 bridgehead atoms. The summed E-state index contributed by atoms with van der Waals surface area (Å²) in [6.45, 7) is 10.0. The average molecular weight is 365 g/mol. The van der Waals surface area contributed by atoms with Gasteiger partial charge in [0.15, 0.2) is 0 Å². The highest BCUT2D eigenvalue weighted by Gasteiger charge is 2.33. The van der Waals surface area contributed by atoms with Gasteiger partial charge in [0, 0.05) is 12.3 Å². The van der Waals surface area contributed by atoms with Gasteiger partial charge in [-0.15, -0.1) is 0 Å². The topological polar surface area (TPSA) is 73.9 Å². The van der Waals surface area contributed by atoms with Gasteiger partial charge < -0.3 is 19.5 Å². The first-order valence-electron chi connectivity index (χ1n) is 9.15. The zero-order valence-corrected chi connectivity index (χ0v) is 16.7. The highest BCUT2D eigenvalue weighted by Crippen LogP contribution is 2.27. The molecule has 1 aromatic rings. The predicted molar refractivity (Wildman–Crippen MR) is 102 cm³/mol. The van der Waals surface area contributed by atoms with Gasteiger partial charge >= 0.3 is 5.97 Å². The minimum atomic E-state index is -0.916. The number of nitrogens with one attached hydrogen (secondary N) is 1. The van der Waals surface area contributed by atoms with Crippen LogP contribution in [0, 0.1) is 0 Å². The normalized spacial score (nSPS) is 14.2. The maximum Gasteiger partial charge on any atom is 0.341 e. The summed E-state index contributed by atoms with van der Waals surface area (Å²) in [4.78, 5) is 24.8. The minimum Gasteiger partial charge on any atom is -0.490 e. The molecule has 0 unspecified atom stereocenters. The molecule has 0 radical (unpaired) electrons. The Morgan fingerprint density at radius 2 is 1.92 bits per heavy atom. The number of benzene rings is 1. The molecule has 26 heavy (non-hydrogen) atoms. The quantitative estimate of drug-likeness (QED) is 0.630. The second-order valence-corrected chi connectivity index (χ2v) is 6.41. The molecular formula is C20H31NO5. The second-order valence-electron chi connectivity index (χ2n) is 6.41. The van der Waals surface area contributed by atoms with Gasteiger partial charge in [-0.05, 0) is 51.8 Å². The average Bonchev–Trinajstić information content (AvgIpc) is 2.62. The lowest BCUT2D eigenvalue weighted by atomic mass is 9.99. The molecule has 146 valence electrons. The predicted octanol–water partition coefficient (Wildman–Crippen LogP) is 4.18. The van der Waals surface area contributed by atoms with Crippen molar-refractivity contribution in [3.63, 3.8) is 0 Å². The summed E-state index contributed by atoms with van der Waals surface area (Å²) in [7, 11) is 1.31. The zero-order chi connectivity index (χ0) is 19.7. The smallest absolute Gasteiger partial charge is 0.341 e. The molecule has 1 amide bonds. The first-order valence-corrected chi connectivity index (χ1v) is 9.15. The summed E-state index contributed by atoms with van der Waals surface area (Å²) in [5.41, 5.74) is -0.144. The van der Waals surface area contributed by atoms with Crippen LogP contribution in [0.5, 0.6) is 5.75 Å². The van der Waals surface area contributed by atoms with Crippen LogP contribution in [-0.2, 0) is 14.3 Å². The van der Waals surface area contributed by atoms with Crippen molar-refractivity contribution in [1.29, 1.82) is 0 Å². The summed E-state index contributed by atoms with van der Waals surface area (Å²) in [5.74, 6) is -0.321. The van der Waals surface area contributed by atoms with E-state index in [2.05, 4.69) is 5.32 Å². The fourth-order valence-corrected chi connectivity index (χ4v) is 2.59. The van der Waals surface area contributed by atoms with Crippen LogP contribution < -0.4 is 10.1 Å². The van der Waals surface area contributed by atoms with Gasteiger partial charge in [0.05, 0.1) is 13.2 Å². The van der Waals surface area contributed by atoms with Crippen molar-refractivity contribution < 1.29 is 23.8 Å². The Labute approximate surface area is 156 Å². The molecule has 0 aromatic heterocycles. The number of methoxy groups -OCH3 is 1. The van der Waals surface area contributed by atoms with Crippen molar-refractivity contribution in [2.24, 2.45) is 0 Å². The summed E-state index contributed by atoms with van der Waals surface area (Å²) >= 11 is 0. The molecule has 0 saturated carbocycles. The van der Waals surface area contributed by atoms with Crippen LogP contribution in [-0.4, -0.2) is 37.3 Å². The summed E-state index contributed by atoms with van der Waals surface area (Å²) in [6.07, 6.45) is 2.19. The van der Waals surface area contributed by atoms with E-state index >= 15 is 0 Å². The number of anilines is 1. The van der Waals surface area contributed by atoms with Crippen LogP contribution in [0.1, 0.15) is 64.2 Å². The standard InChI is InChI=1S/C20H31NO5/c1-7-12-20(5,25-9-3)19(23)21-15-10-11-17(26-14(4)8-2)16(13-15)18(22)24-6/h10-11,13-14H,7-9,12H2,1-6H3,(H,21,23)/t14-,20+/m0/s1. The third-order valence-electron chi connectivity index (χ3n) is 4.22. The van der Waals surface area contributed by atoms with E-state index in [-0.39, 0.29) is 17.6 Å². The molecule has 6 nitrogen and oxygen atoms in total. The van der Waals surface area contributed by atoms with Crippen LogP contribution in [0.25, 0.3) is 0 Å². The summed E-state index contributed by atoms with van der Waals surface area (Å²) in [6, 6.07) is 4.95. The van der Waals surface area contributed by atoms with Crippen LogP contribution in [0.15, 0.2) is 18.2 Å². The van der Waals surface area contributed by atoms with Crippen LogP contribution in [0.4, 0.5) is 5.69 Å². The van der Waals surface area contributed by atoms with Gasteiger partial charge in [0.2, 0.25) is 0 Å². The Balaban J connectivity index is 3.10. The third-order valence-corrected chi connectivity index (χ3v) is 4.22. The number of esters is 1. The molecule has 0 spiro atoms. The number of rotatable bonds is 10. The molecule has 0 aliphatic rings. The lowest BCUT2D eigenvalue weighted by Gasteiger charge is -2.28. The monoisotopic (exact) mass is 365 g/mol. The fourth-order valence-electron chi connectivity index (χ4n) is 2.59. The van der Waals surface area contributed by atoms with Crippen molar-refractivity contribution >= 4 is 17.6 Å². The Morgan fingerprint density at radius 1 is 1.23 bits per heavy atom. The van der Waals surface area contributed by atoms with Crippen LogP contribution >= 0.6 is 0 Å². The van der Waals surface area contributed by atoms with Crippen LogP contribution in [0.3, 0.4) is 0 Å². The van der Waals surface area contributed by atoms with Crippen molar-refractivity contribution in [3.05, 3.63) is 23.8 Å². The van der Waals surface area contributed by atoms with Crippen molar-refractivity contribution in [2.45, 2.75) is 65.6 Å². The molecule has 1 rings (SSSR count). The Hall–Kier alpha value is -2.08. The molecule has 0 aliphatic heterocycles. The second kappa shape index (κ2) is 10.2. The number of hydrogen-bond donors (Lipinski definition) is 1. The summed E-state index contributed by atoms with van der Waals surface area (Å²) in [5, 5.41) is 2.84. The van der Waals surface area contributed by atoms with E-state index in [1.165, 1.54) is 7.11 Å². The highest BCUT2D eigenvalue weighted by molar-refractivity contribution is 5.99. The van der Waals surface area contributed by atoms with E-state index in [0.29, 0.717) is 24.5 Å². The van der Waals surface area contributed by atoms with Gasteiger partial charge in [0.1, 0.15) is 16.9 Å².